The first-order chi connectivity index (χ1) is 8.28. The maximum absolute atomic E-state index is 4.32. The second-order valence-corrected chi connectivity index (χ2v) is 4.34. The van der Waals surface area contributed by atoms with Crippen molar-refractivity contribution in [3.05, 3.63) is 30.4 Å². The number of nitrogens with zero attached hydrogens (tertiary/aromatic N) is 4. The molecule has 0 unspecified atom stereocenters. The number of aryl methyl sites for hydroxylation is 1. The van der Waals surface area contributed by atoms with Gasteiger partial charge in [0.05, 0.1) is 0 Å². The summed E-state index contributed by atoms with van der Waals surface area (Å²) >= 11 is 1.43. The van der Waals surface area contributed by atoms with E-state index in [0.717, 1.165) is 23.1 Å². The smallest absolute Gasteiger partial charge is 0.194 e. The fourth-order valence-electron chi connectivity index (χ4n) is 1.24. The summed E-state index contributed by atoms with van der Waals surface area (Å²) in [5.41, 5.74) is 0.948. The van der Waals surface area contributed by atoms with Gasteiger partial charge in [-0.05, 0) is 31.7 Å². The topological polar surface area (TPSA) is 63.6 Å². The molecule has 0 aliphatic rings. The van der Waals surface area contributed by atoms with Gasteiger partial charge in [-0.3, -0.25) is 0 Å². The maximum Gasteiger partial charge on any atom is 0.194 e. The van der Waals surface area contributed by atoms with Gasteiger partial charge in [-0.15, -0.1) is 0 Å². The third-order valence-electron chi connectivity index (χ3n) is 1.97. The van der Waals surface area contributed by atoms with Gasteiger partial charge in [0.1, 0.15) is 17.2 Å². The highest BCUT2D eigenvalue weighted by Crippen LogP contribution is 2.23. The van der Waals surface area contributed by atoms with E-state index >= 15 is 0 Å². The van der Waals surface area contributed by atoms with Crippen LogP contribution in [0, 0.1) is 6.92 Å². The van der Waals surface area contributed by atoms with Crippen molar-refractivity contribution in [1.29, 1.82) is 0 Å². The van der Waals surface area contributed by atoms with E-state index in [-0.39, 0.29) is 0 Å². The largest absolute Gasteiger partial charge is 0.370 e. The lowest BCUT2D eigenvalue weighted by Crippen LogP contribution is -1.99. The van der Waals surface area contributed by atoms with Crippen LogP contribution >= 0.6 is 11.8 Å². The summed E-state index contributed by atoms with van der Waals surface area (Å²) in [6.45, 7) is 4.80. The zero-order valence-electron chi connectivity index (χ0n) is 9.71. The van der Waals surface area contributed by atoms with E-state index in [0.29, 0.717) is 5.16 Å². The lowest BCUT2D eigenvalue weighted by molar-refractivity contribution is 0.925. The van der Waals surface area contributed by atoms with Crippen LogP contribution < -0.4 is 5.32 Å². The molecule has 0 bridgehead atoms. The van der Waals surface area contributed by atoms with Crippen molar-refractivity contribution in [3.63, 3.8) is 0 Å². The van der Waals surface area contributed by atoms with Gasteiger partial charge in [-0.2, -0.15) is 0 Å². The highest BCUT2D eigenvalue weighted by molar-refractivity contribution is 7.99. The number of nitrogens with one attached hydrogen (secondary N) is 1. The minimum Gasteiger partial charge on any atom is -0.370 e. The van der Waals surface area contributed by atoms with Crippen LogP contribution in [-0.2, 0) is 0 Å². The molecule has 2 aromatic heterocycles. The first kappa shape index (κ1) is 11.8. The van der Waals surface area contributed by atoms with Crippen LogP contribution in [-0.4, -0.2) is 26.5 Å². The molecule has 0 amide bonds. The maximum atomic E-state index is 4.32. The zero-order chi connectivity index (χ0) is 12.1. The summed E-state index contributed by atoms with van der Waals surface area (Å²) in [5.74, 6) is 0.817. The average Bonchev–Trinajstić information content (AvgIpc) is 2.30. The summed E-state index contributed by atoms with van der Waals surface area (Å²) in [6, 6.07) is 3.76. The van der Waals surface area contributed by atoms with Crippen molar-refractivity contribution in [1.82, 2.24) is 19.9 Å². The summed E-state index contributed by atoms with van der Waals surface area (Å²) in [6.07, 6.45) is 3.28. The van der Waals surface area contributed by atoms with Gasteiger partial charge in [0.25, 0.3) is 0 Å². The van der Waals surface area contributed by atoms with E-state index in [1.807, 2.05) is 26.0 Å². The molecule has 6 heteroatoms. The average molecular weight is 247 g/mol. The van der Waals surface area contributed by atoms with E-state index < -0.39 is 0 Å². The number of anilines is 1. The van der Waals surface area contributed by atoms with Crippen LogP contribution in [0.25, 0.3) is 0 Å². The lowest BCUT2D eigenvalue weighted by Gasteiger charge is -2.03. The standard InChI is InChI=1S/C11H13N5S/c1-3-12-9-6-10(15-7-14-9)17-11-13-5-4-8(2)16-11/h4-7H,3H2,1-2H3,(H,12,14,15). The number of rotatable bonds is 4. The molecule has 0 atom stereocenters. The Morgan fingerprint density at radius 2 is 2.18 bits per heavy atom. The lowest BCUT2D eigenvalue weighted by atomic mass is 10.5. The molecule has 5 nitrogen and oxygen atoms in total. The molecule has 0 aromatic carbocycles. The third-order valence-corrected chi connectivity index (χ3v) is 2.78. The van der Waals surface area contributed by atoms with Crippen molar-refractivity contribution >= 4 is 17.6 Å². The molecule has 0 saturated carbocycles. The summed E-state index contributed by atoms with van der Waals surface area (Å²) in [5, 5.41) is 4.67. The molecule has 17 heavy (non-hydrogen) atoms. The van der Waals surface area contributed by atoms with E-state index in [1.165, 1.54) is 18.1 Å². The van der Waals surface area contributed by atoms with E-state index in [4.69, 9.17) is 0 Å². The van der Waals surface area contributed by atoms with Crippen molar-refractivity contribution in [2.45, 2.75) is 24.0 Å². The first-order valence-corrected chi connectivity index (χ1v) is 6.13. The Bertz CT molecular complexity index is 503. The normalized spacial score (nSPS) is 10.2. The monoisotopic (exact) mass is 247 g/mol. The quantitative estimate of drug-likeness (QED) is 0.660. The molecule has 88 valence electrons. The van der Waals surface area contributed by atoms with E-state index in [1.54, 1.807) is 6.20 Å². The van der Waals surface area contributed by atoms with E-state index in [2.05, 4.69) is 25.3 Å². The van der Waals surface area contributed by atoms with Crippen LogP contribution in [0.2, 0.25) is 0 Å². The molecule has 2 heterocycles. The minimum atomic E-state index is 0.700. The highest BCUT2D eigenvalue weighted by atomic mass is 32.2. The molecule has 0 spiro atoms. The Labute approximate surface area is 104 Å². The fourth-order valence-corrected chi connectivity index (χ4v) is 2.00. The van der Waals surface area contributed by atoms with Crippen molar-refractivity contribution in [3.8, 4) is 0 Å². The van der Waals surface area contributed by atoms with Gasteiger partial charge in [0.2, 0.25) is 0 Å². The Morgan fingerprint density at radius 3 is 2.94 bits per heavy atom. The van der Waals surface area contributed by atoms with Gasteiger partial charge in [-0.1, -0.05) is 0 Å². The Balaban J connectivity index is 2.15. The number of aromatic nitrogens is 4. The minimum absolute atomic E-state index is 0.700. The van der Waals surface area contributed by atoms with Gasteiger partial charge in [-0.25, -0.2) is 19.9 Å². The fraction of sp³-hybridized carbons (Fsp3) is 0.273. The highest BCUT2D eigenvalue weighted by Gasteiger charge is 2.03. The third kappa shape index (κ3) is 3.39. The number of hydrogen-bond donors (Lipinski definition) is 1. The van der Waals surface area contributed by atoms with Crippen molar-refractivity contribution in [2.24, 2.45) is 0 Å². The van der Waals surface area contributed by atoms with Crippen LogP contribution in [0.3, 0.4) is 0 Å². The SMILES string of the molecule is CCNc1cc(Sc2nccc(C)n2)ncn1. The molecular formula is C11H13N5S. The predicted molar refractivity (Wildman–Crippen MR) is 67.1 cm³/mol. The first-order valence-electron chi connectivity index (χ1n) is 5.31. The molecule has 2 rings (SSSR count). The van der Waals surface area contributed by atoms with Gasteiger partial charge in [0, 0.05) is 24.5 Å². The summed E-state index contributed by atoms with van der Waals surface area (Å²) in [4.78, 5) is 16.8. The molecule has 2 aromatic rings. The molecule has 0 aliphatic heterocycles. The molecule has 0 fully saturated rings. The molecule has 0 saturated heterocycles. The second-order valence-electron chi connectivity index (χ2n) is 3.35. The van der Waals surface area contributed by atoms with Gasteiger partial charge >= 0.3 is 0 Å². The summed E-state index contributed by atoms with van der Waals surface area (Å²) < 4.78 is 0. The zero-order valence-corrected chi connectivity index (χ0v) is 10.5. The van der Waals surface area contributed by atoms with Crippen molar-refractivity contribution in [2.75, 3.05) is 11.9 Å². The van der Waals surface area contributed by atoms with Crippen LogP contribution in [0.4, 0.5) is 5.82 Å². The molecule has 0 aliphatic carbocycles. The van der Waals surface area contributed by atoms with Crippen molar-refractivity contribution < 1.29 is 0 Å². The van der Waals surface area contributed by atoms with Crippen LogP contribution in [0.1, 0.15) is 12.6 Å². The van der Waals surface area contributed by atoms with Crippen LogP contribution in [0.5, 0.6) is 0 Å². The van der Waals surface area contributed by atoms with Gasteiger partial charge < -0.3 is 5.32 Å². The van der Waals surface area contributed by atoms with Crippen LogP contribution in [0.15, 0.2) is 34.8 Å². The Kier molecular flexibility index (Phi) is 3.87. The Morgan fingerprint density at radius 1 is 1.29 bits per heavy atom. The Hall–Kier alpha value is -1.69. The summed E-state index contributed by atoms with van der Waals surface area (Å²) in [7, 11) is 0. The number of hydrogen-bond acceptors (Lipinski definition) is 6. The van der Waals surface area contributed by atoms with E-state index in [9.17, 15) is 0 Å². The predicted octanol–water partition coefficient (Wildman–Crippen LogP) is 2.16. The molecule has 0 radical (unpaired) electrons. The molecule has 1 N–H and O–H groups in total. The second kappa shape index (κ2) is 5.58. The van der Waals surface area contributed by atoms with Gasteiger partial charge in [0.15, 0.2) is 5.16 Å². The molecular weight excluding hydrogens is 234 g/mol.